The Balaban J connectivity index is 2.02. The van der Waals surface area contributed by atoms with Gasteiger partial charge in [-0.1, -0.05) is 6.07 Å². The Morgan fingerprint density at radius 2 is 1.70 bits per heavy atom. The third kappa shape index (κ3) is 1.80. The third-order valence-corrected chi connectivity index (χ3v) is 3.90. The Hall–Kier alpha value is -2.20. The van der Waals surface area contributed by atoms with Crippen LogP contribution >= 0.6 is 0 Å². The van der Waals surface area contributed by atoms with E-state index in [0.717, 1.165) is 42.6 Å². The first kappa shape index (κ1) is 11.6. The minimum atomic E-state index is 0.988. The van der Waals surface area contributed by atoms with Crippen molar-refractivity contribution in [3.8, 4) is 0 Å². The molecule has 0 saturated carbocycles. The summed E-state index contributed by atoms with van der Waals surface area (Å²) < 4.78 is 0. The topological polar surface area (TPSA) is 41.1 Å². The first-order chi connectivity index (χ1) is 9.93. The van der Waals surface area contributed by atoms with Crippen LogP contribution in [0.1, 0.15) is 0 Å². The van der Waals surface area contributed by atoms with E-state index < -0.39 is 0 Å². The van der Waals surface area contributed by atoms with Gasteiger partial charge in [-0.05, 0) is 24.3 Å². The molecule has 4 rings (SSSR count). The van der Waals surface area contributed by atoms with Crippen LogP contribution in [0.2, 0.25) is 0 Å². The molecule has 1 saturated heterocycles. The number of aromatic nitrogens is 2. The van der Waals surface area contributed by atoms with Crippen molar-refractivity contribution in [1.82, 2.24) is 15.3 Å². The molecule has 0 unspecified atom stereocenters. The molecule has 2 aromatic heterocycles. The van der Waals surface area contributed by atoms with Crippen molar-refractivity contribution in [2.24, 2.45) is 0 Å². The number of fused-ring (bicyclic) bond motifs is 3. The summed E-state index contributed by atoms with van der Waals surface area (Å²) in [6.45, 7) is 4.14. The summed E-state index contributed by atoms with van der Waals surface area (Å²) >= 11 is 0. The van der Waals surface area contributed by atoms with Crippen LogP contribution in [0.3, 0.4) is 0 Å². The summed E-state index contributed by atoms with van der Waals surface area (Å²) in [5.74, 6) is 0. The molecule has 1 aromatic carbocycles. The molecule has 0 spiro atoms. The highest BCUT2D eigenvalue weighted by atomic mass is 15.2. The normalized spacial score (nSPS) is 15.9. The highest BCUT2D eigenvalue weighted by Gasteiger charge is 2.15. The number of pyridine rings is 2. The summed E-state index contributed by atoms with van der Waals surface area (Å²) in [5, 5.41) is 5.75. The van der Waals surface area contributed by atoms with Crippen LogP contribution in [0.4, 0.5) is 5.69 Å². The predicted molar refractivity (Wildman–Crippen MR) is 82.1 cm³/mol. The Morgan fingerprint density at radius 1 is 0.950 bits per heavy atom. The van der Waals surface area contributed by atoms with Crippen molar-refractivity contribution in [3.63, 3.8) is 0 Å². The molecule has 4 nitrogen and oxygen atoms in total. The van der Waals surface area contributed by atoms with Crippen molar-refractivity contribution in [2.45, 2.75) is 0 Å². The Labute approximate surface area is 117 Å². The van der Waals surface area contributed by atoms with E-state index in [2.05, 4.69) is 38.4 Å². The minimum absolute atomic E-state index is 0.988. The molecule has 1 aliphatic heterocycles. The van der Waals surface area contributed by atoms with Gasteiger partial charge in [0.15, 0.2) is 0 Å². The van der Waals surface area contributed by atoms with Gasteiger partial charge < -0.3 is 10.2 Å². The zero-order valence-electron chi connectivity index (χ0n) is 11.2. The van der Waals surface area contributed by atoms with E-state index in [1.54, 1.807) is 0 Å². The van der Waals surface area contributed by atoms with Gasteiger partial charge in [0.05, 0.1) is 11.0 Å². The Bertz CT molecular complexity index is 763. The Kier molecular flexibility index (Phi) is 2.74. The van der Waals surface area contributed by atoms with Crippen molar-refractivity contribution >= 4 is 27.5 Å². The van der Waals surface area contributed by atoms with Crippen LogP contribution in [0, 0.1) is 0 Å². The third-order valence-electron chi connectivity index (χ3n) is 3.90. The highest BCUT2D eigenvalue weighted by Crippen LogP contribution is 2.31. The first-order valence-electron chi connectivity index (χ1n) is 7.01. The SMILES string of the molecule is c1cnc2c(c1)cc(N1CCNCC1)c1cccnc12. The van der Waals surface area contributed by atoms with E-state index in [1.165, 1.54) is 11.1 Å². The van der Waals surface area contributed by atoms with Crippen LogP contribution < -0.4 is 10.2 Å². The van der Waals surface area contributed by atoms with Gasteiger partial charge in [-0.15, -0.1) is 0 Å². The van der Waals surface area contributed by atoms with E-state index in [4.69, 9.17) is 0 Å². The number of piperazine rings is 1. The van der Waals surface area contributed by atoms with Gasteiger partial charge in [0.2, 0.25) is 0 Å². The molecule has 3 heterocycles. The molecule has 20 heavy (non-hydrogen) atoms. The number of nitrogens with zero attached hydrogens (tertiary/aromatic N) is 3. The molecule has 1 N–H and O–H groups in total. The number of anilines is 1. The van der Waals surface area contributed by atoms with E-state index >= 15 is 0 Å². The van der Waals surface area contributed by atoms with Crippen LogP contribution in [-0.4, -0.2) is 36.1 Å². The maximum atomic E-state index is 4.56. The molecular weight excluding hydrogens is 248 g/mol. The summed E-state index contributed by atoms with van der Waals surface area (Å²) in [5.41, 5.74) is 3.26. The standard InChI is InChI=1S/C16H16N4/c1-3-12-11-14(20-9-7-17-8-10-20)13-4-2-6-19-16(13)15(12)18-5-1/h1-6,11,17H,7-10H2. The molecular formula is C16H16N4. The Morgan fingerprint density at radius 3 is 2.55 bits per heavy atom. The molecule has 100 valence electrons. The maximum Gasteiger partial charge on any atom is 0.0985 e. The average Bonchev–Trinajstić information content (AvgIpc) is 2.55. The molecule has 1 aliphatic rings. The maximum absolute atomic E-state index is 4.56. The minimum Gasteiger partial charge on any atom is -0.368 e. The zero-order chi connectivity index (χ0) is 13.4. The number of rotatable bonds is 1. The van der Waals surface area contributed by atoms with E-state index in [-0.39, 0.29) is 0 Å². The number of hydrogen-bond acceptors (Lipinski definition) is 4. The van der Waals surface area contributed by atoms with E-state index in [1.807, 2.05) is 24.5 Å². The fraction of sp³-hybridized carbons (Fsp3) is 0.250. The van der Waals surface area contributed by atoms with Gasteiger partial charge in [-0.25, -0.2) is 0 Å². The molecule has 0 amide bonds. The molecule has 4 heteroatoms. The second-order valence-electron chi connectivity index (χ2n) is 5.11. The summed E-state index contributed by atoms with van der Waals surface area (Å²) in [7, 11) is 0. The molecule has 0 bridgehead atoms. The van der Waals surface area contributed by atoms with Crippen LogP contribution in [-0.2, 0) is 0 Å². The molecule has 0 radical (unpaired) electrons. The van der Waals surface area contributed by atoms with Crippen LogP contribution in [0.25, 0.3) is 21.8 Å². The van der Waals surface area contributed by atoms with Crippen LogP contribution in [0.5, 0.6) is 0 Å². The zero-order valence-corrected chi connectivity index (χ0v) is 11.2. The lowest BCUT2D eigenvalue weighted by molar-refractivity contribution is 0.590. The van der Waals surface area contributed by atoms with Gasteiger partial charge in [-0.3, -0.25) is 9.97 Å². The van der Waals surface area contributed by atoms with Gasteiger partial charge in [0, 0.05) is 55.0 Å². The molecule has 0 aliphatic carbocycles. The average molecular weight is 264 g/mol. The lowest BCUT2D eigenvalue weighted by atomic mass is 10.1. The largest absolute Gasteiger partial charge is 0.368 e. The van der Waals surface area contributed by atoms with Crippen molar-refractivity contribution in [3.05, 3.63) is 42.7 Å². The first-order valence-corrected chi connectivity index (χ1v) is 7.01. The molecule has 0 atom stereocenters. The second-order valence-corrected chi connectivity index (χ2v) is 5.11. The van der Waals surface area contributed by atoms with Crippen molar-refractivity contribution < 1.29 is 0 Å². The van der Waals surface area contributed by atoms with Crippen molar-refractivity contribution in [2.75, 3.05) is 31.1 Å². The quantitative estimate of drug-likeness (QED) is 0.684. The number of hydrogen-bond donors (Lipinski definition) is 1. The predicted octanol–water partition coefficient (Wildman–Crippen LogP) is 2.19. The molecule has 3 aromatic rings. The van der Waals surface area contributed by atoms with Gasteiger partial charge >= 0.3 is 0 Å². The highest BCUT2D eigenvalue weighted by molar-refractivity contribution is 6.09. The van der Waals surface area contributed by atoms with E-state index in [9.17, 15) is 0 Å². The van der Waals surface area contributed by atoms with Crippen LogP contribution in [0.15, 0.2) is 42.7 Å². The fourth-order valence-electron chi connectivity index (χ4n) is 2.93. The van der Waals surface area contributed by atoms with Gasteiger partial charge in [0.1, 0.15) is 0 Å². The summed E-state index contributed by atoms with van der Waals surface area (Å²) in [6, 6.07) is 10.5. The molecule has 1 fully saturated rings. The number of nitrogens with one attached hydrogen (secondary N) is 1. The van der Waals surface area contributed by atoms with E-state index in [0.29, 0.717) is 0 Å². The monoisotopic (exact) mass is 264 g/mol. The van der Waals surface area contributed by atoms with Gasteiger partial charge in [-0.2, -0.15) is 0 Å². The van der Waals surface area contributed by atoms with Crippen molar-refractivity contribution in [1.29, 1.82) is 0 Å². The number of benzene rings is 1. The lowest BCUT2D eigenvalue weighted by Crippen LogP contribution is -2.43. The van der Waals surface area contributed by atoms with Gasteiger partial charge in [0.25, 0.3) is 0 Å². The summed E-state index contributed by atoms with van der Waals surface area (Å²) in [6.07, 6.45) is 3.68. The smallest absolute Gasteiger partial charge is 0.0985 e. The second kappa shape index (κ2) is 4.72. The fourth-order valence-corrected chi connectivity index (χ4v) is 2.93. The summed E-state index contributed by atoms with van der Waals surface area (Å²) in [4.78, 5) is 11.5. The lowest BCUT2D eigenvalue weighted by Gasteiger charge is -2.30.